The molecule has 1 unspecified atom stereocenters. The first-order chi connectivity index (χ1) is 8.93. The Bertz CT molecular complexity index is 508. The van der Waals surface area contributed by atoms with E-state index in [1.807, 2.05) is 13.8 Å². The number of aromatic nitrogens is 2. The van der Waals surface area contributed by atoms with Crippen LogP contribution in [0.5, 0.6) is 0 Å². The van der Waals surface area contributed by atoms with Gasteiger partial charge < -0.3 is 16.0 Å². The normalized spacial score (nSPS) is 19.7. The number of hydrogen-bond donors (Lipinski definition) is 3. The van der Waals surface area contributed by atoms with Gasteiger partial charge in [-0.1, -0.05) is 13.8 Å². The molecule has 1 fully saturated rings. The number of nitrogens with one attached hydrogen (secondary N) is 2. The van der Waals surface area contributed by atoms with Crippen LogP contribution in [0.25, 0.3) is 0 Å². The van der Waals surface area contributed by atoms with Gasteiger partial charge in [0.15, 0.2) is 5.69 Å². The first-order valence-corrected chi connectivity index (χ1v) is 6.36. The minimum absolute atomic E-state index is 0.155. The standard InChI is InChI=1S/C12H19N5O2/c1-6(2)9-8(13)10(16-15-9)12(19)17-5-4-14-11(18)7(17)3/h6-7H,4-5,13H2,1-3H3,(H,14,18)(H,15,16). The summed E-state index contributed by atoms with van der Waals surface area (Å²) in [5, 5.41) is 9.51. The monoisotopic (exact) mass is 265 g/mol. The number of carbonyl (C=O) groups excluding carboxylic acids is 2. The fourth-order valence-corrected chi connectivity index (χ4v) is 2.16. The molecule has 1 aromatic heterocycles. The molecule has 7 nitrogen and oxygen atoms in total. The lowest BCUT2D eigenvalue weighted by Gasteiger charge is -2.32. The van der Waals surface area contributed by atoms with Gasteiger partial charge in [-0.05, 0) is 12.8 Å². The summed E-state index contributed by atoms with van der Waals surface area (Å²) in [4.78, 5) is 25.5. The Morgan fingerprint density at radius 1 is 1.53 bits per heavy atom. The summed E-state index contributed by atoms with van der Waals surface area (Å²) in [5.41, 5.74) is 7.27. The number of rotatable bonds is 2. The molecule has 2 amide bonds. The molecule has 104 valence electrons. The van der Waals surface area contributed by atoms with E-state index in [1.165, 1.54) is 4.90 Å². The van der Waals surface area contributed by atoms with E-state index in [2.05, 4.69) is 15.5 Å². The van der Waals surface area contributed by atoms with Crippen molar-refractivity contribution in [3.05, 3.63) is 11.4 Å². The fourth-order valence-electron chi connectivity index (χ4n) is 2.16. The van der Waals surface area contributed by atoms with Gasteiger partial charge in [-0.3, -0.25) is 14.7 Å². The first kappa shape index (κ1) is 13.4. The smallest absolute Gasteiger partial charge is 0.277 e. The van der Waals surface area contributed by atoms with Crippen molar-refractivity contribution < 1.29 is 9.59 Å². The van der Waals surface area contributed by atoms with Gasteiger partial charge in [-0.2, -0.15) is 5.10 Å². The largest absolute Gasteiger partial charge is 0.395 e. The van der Waals surface area contributed by atoms with E-state index in [9.17, 15) is 9.59 Å². The van der Waals surface area contributed by atoms with Crippen LogP contribution in [0.15, 0.2) is 0 Å². The van der Waals surface area contributed by atoms with E-state index in [0.29, 0.717) is 18.8 Å². The number of amides is 2. The molecule has 0 radical (unpaired) electrons. The highest BCUT2D eigenvalue weighted by molar-refractivity contribution is 6.00. The van der Waals surface area contributed by atoms with Crippen molar-refractivity contribution in [2.45, 2.75) is 32.7 Å². The van der Waals surface area contributed by atoms with E-state index >= 15 is 0 Å². The highest BCUT2D eigenvalue weighted by Gasteiger charge is 2.32. The van der Waals surface area contributed by atoms with Crippen molar-refractivity contribution >= 4 is 17.5 Å². The van der Waals surface area contributed by atoms with Gasteiger partial charge in [-0.15, -0.1) is 0 Å². The summed E-state index contributed by atoms with van der Waals surface area (Å²) in [5.74, 6) is -0.295. The van der Waals surface area contributed by atoms with Crippen LogP contribution in [0.2, 0.25) is 0 Å². The molecule has 0 bridgehead atoms. The fraction of sp³-hybridized carbons (Fsp3) is 0.583. The van der Waals surface area contributed by atoms with Crippen molar-refractivity contribution in [1.82, 2.24) is 20.4 Å². The van der Waals surface area contributed by atoms with Gasteiger partial charge in [-0.25, -0.2) is 0 Å². The lowest BCUT2D eigenvalue weighted by atomic mass is 10.1. The summed E-state index contributed by atoms with van der Waals surface area (Å²) in [6.07, 6.45) is 0. The van der Waals surface area contributed by atoms with Gasteiger partial charge in [0.2, 0.25) is 5.91 Å². The second-order valence-corrected chi connectivity index (χ2v) is 5.02. The highest BCUT2D eigenvalue weighted by atomic mass is 16.2. The van der Waals surface area contributed by atoms with Crippen LogP contribution in [0, 0.1) is 0 Å². The second kappa shape index (κ2) is 4.91. The lowest BCUT2D eigenvalue weighted by molar-refractivity contribution is -0.127. The van der Waals surface area contributed by atoms with Crippen LogP contribution >= 0.6 is 0 Å². The number of hydrogen-bond acceptors (Lipinski definition) is 4. The summed E-state index contributed by atoms with van der Waals surface area (Å²) >= 11 is 0. The average molecular weight is 265 g/mol. The minimum atomic E-state index is -0.500. The third-order valence-corrected chi connectivity index (χ3v) is 3.37. The first-order valence-electron chi connectivity index (χ1n) is 6.36. The number of nitrogen functional groups attached to an aromatic ring is 1. The molecule has 0 aliphatic carbocycles. The number of nitrogens with two attached hydrogens (primary N) is 1. The predicted octanol–water partition coefficient (Wildman–Crippen LogP) is 0.0758. The quantitative estimate of drug-likeness (QED) is 0.704. The van der Waals surface area contributed by atoms with E-state index in [-0.39, 0.29) is 23.4 Å². The van der Waals surface area contributed by atoms with E-state index in [4.69, 9.17) is 5.73 Å². The van der Waals surface area contributed by atoms with Crippen LogP contribution in [0.3, 0.4) is 0 Å². The number of carbonyl (C=O) groups is 2. The SMILES string of the molecule is CC(C)c1[nH]nc(C(=O)N2CCNC(=O)C2C)c1N. The Balaban J connectivity index is 2.27. The van der Waals surface area contributed by atoms with Crippen molar-refractivity contribution in [3.63, 3.8) is 0 Å². The molecule has 19 heavy (non-hydrogen) atoms. The van der Waals surface area contributed by atoms with Crippen molar-refractivity contribution in [3.8, 4) is 0 Å². The number of H-pyrrole nitrogens is 1. The van der Waals surface area contributed by atoms with Gasteiger partial charge >= 0.3 is 0 Å². The average Bonchev–Trinajstić information content (AvgIpc) is 2.74. The maximum absolute atomic E-state index is 12.4. The van der Waals surface area contributed by atoms with Crippen LogP contribution < -0.4 is 11.1 Å². The summed E-state index contributed by atoms with van der Waals surface area (Å²) in [6, 6.07) is -0.500. The van der Waals surface area contributed by atoms with Crippen LogP contribution in [0.4, 0.5) is 5.69 Å². The molecular weight excluding hydrogens is 246 g/mol. The Morgan fingerprint density at radius 3 is 2.79 bits per heavy atom. The molecule has 0 spiro atoms. The number of anilines is 1. The third-order valence-electron chi connectivity index (χ3n) is 3.37. The molecule has 2 rings (SSSR count). The van der Waals surface area contributed by atoms with Crippen LogP contribution in [0.1, 0.15) is 42.9 Å². The Morgan fingerprint density at radius 2 is 2.21 bits per heavy atom. The topological polar surface area (TPSA) is 104 Å². The predicted molar refractivity (Wildman–Crippen MR) is 70.6 cm³/mol. The molecule has 2 heterocycles. The second-order valence-electron chi connectivity index (χ2n) is 5.02. The molecule has 0 saturated carbocycles. The summed E-state index contributed by atoms with van der Waals surface area (Å²) in [7, 11) is 0. The summed E-state index contributed by atoms with van der Waals surface area (Å²) < 4.78 is 0. The Kier molecular flexibility index (Phi) is 3.46. The van der Waals surface area contributed by atoms with Crippen molar-refractivity contribution in [2.75, 3.05) is 18.8 Å². The molecule has 7 heteroatoms. The Labute approximate surface area is 111 Å². The van der Waals surface area contributed by atoms with Crippen molar-refractivity contribution in [1.29, 1.82) is 0 Å². The van der Waals surface area contributed by atoms with Crippen LogP contribution in [-0.4, -0.2) is 46.0 Å². The summed E-state index contributed by atoms with van der Waals surface area (Å²) in [6.45, 7) is 6.55. The third kappa shape index (κ3) is 2.27. The zero-order valence-corrected chi connectivity index (χ0v) is 11.4. The van der Waals surface area contributed by atoms with Crippen molar-refractivity contribution in [2.24, 2.45) is 0 Å². The van der Waals surface area contributed by atoms with E-state index in [0.717, 1.165) is 5.69 Å². The molecule has 1 aliphatic heterocycles. The maximum Gasteiger partial charge on any atom is 0.277 e. The molecular formula is C12H19N5O2. The molecule has 0 aromatic carbocycles. The number of nitrogens with zero attached hydrogens (tertiary/aromatic N) is 2. The minimum Gasteiger partial charge on any atom is -0.395 e. The highest BCUT2D eigenvalue weighted by Crippen LogP contribution is 2.23. The van der Waals surface area contributed by atoms with Gasteiger partial charge in [0, 0.05) is 13.1 Å². The zero-order chi connectivity index (χ0) is 14.2. The van der Waals surface area contributed by atoms with E-state index < -0.39 is 6.04 Å². The molecule has 1 atom stereocenters. The van der Waals surface area contributed by atoms with Crippen LogP contribution in [-0.2, 0) is 4.79 Å². The zero-order valence-electron chi connectivity index (χ0n) is 11.4. The molecule has 1 aromatic rings. The Hall–Kier alpha value is -2.05. The maximum atomic E-state index is 12.4. The number of piperazine rings is 1. The molecule has 1 saturated heterocycles. The molecule has 4 N–H and O–H groups in total. The lowest BCUT2D eigenvalue weighted by Crippen LogP contribution is -2.56. The van der Waals surface area contributed by atoms with E-state index in [1.54, 1.807) is 6.92 Å². The molecule has 1 aliphatic rings. The van der Waals surface area contributed by atoms with Gasteiger partial charge in [0.05, 0.1) is 11.4 Å². The van der Waals surface area contributed by atoms with Gasteiger partial charge in [0.25, 0.3) is 5.91 Å². The number of aromatic amines is 1. The van der Waals surface area contributed by atoms with Gasteiger partial charge in [0.1, 0.15) is 6.04 Å².